The summed E-state index contributed by atoms with van der Waals surface area (Å²) in [6.45, 7) is 5.24. The fourth-order valence-electron chi connectivity index (χ4n) is 4.09. The van der Waals surface area contributed by atoms with Crippen LogP contribution in [-0.4, -0.2) is 37.0 Å². The maximum absolute atomic E-state index is 13.8. The Balaban J connectivity index is 1.79. The Bertz CT molecular complexity index is 1200. The van der Waals surface area contributed by atoms with Gasteiger partial charge in [0.15, 0.2) is 0 Å². The third-order valence-corrected chi connectivity index (χ3v) is 5.56. The minimum Gasteiger partial charge on any atom is -0.494 e. The van der Waals surface area contributed by atoms with E-state index >= 15 is 0 Å². The first-order valence-corrected chi connectivity index (χ1v) is 11.4. The Morgan fingerprint density at radius 3 is 2.09 bits per heavy atom. The zero-order valence-electron chi connectivity index (χ0n) is 19.7. The summed E-state index contributed by atoms with van der Waals surface area (Å²) in [6, 6.07) is 24.2. The van der Waals surface area contributed by atoms with Crippen LogP contribution in [0.2, 0.25) is 0 Å². The molecule has 0 bridgehead atoms. The van der Waals surface area contributed by atoms with E-state index in [2.05, 4.69) is 0 Å². The Hall–Kier alpha value is -4.06. The molecule has 0 spiro atoms. The van der Waals surface area contributed by atoms with E-state index in [1.807, 2.05) is 86.5 Å². The van der Waals surface area contributed by atoms with E-state index < -0.39 is 0 Å². The number of benzene rings is 3. The number of likely N-dealkylation sites (N-methyl/N-ethyl adjacent to an activating group) is 1. The molecule has 6 nitrogen and oxygen atoms in total. The summed E-state index contributed by atoms with van der Waals surface area (Å²) in [7, 11) is 1.83. The molecule has 0 aromatic heterocycles. The Kier molecular flexibility index (Phi) is 6.97. The molecule has 3 aromatic rings. The lowest BCUT2D eigenvalue weighted by atomic mass is 10.0. The van der Waals surface area contributed by atoms with Crippen LogP contribution in [0.1, 0.15) is 25.0 Å². The number of carbonyl (C=O) groups excluding carboxylic acids is 2. The number of rotatable bonds is 9. The lowest BCUT2D eigenvalue weighted by Crippen LogP contribution is -2.34. The van der Waals surface area contributed by atoms with Gasteiger partial charge in [-0.3, -0.25) is 9.59 Å². The quantitative estimate of drug-likeness (QED) is 0.429. The SMILES string of the molecule is CCOc1ccc(C2=C(N(C)Cc3ccccc3)C(=O)N(c3ccccc3OCC)C2=O)cc1. The van der Waals surface area contributed by atoms with E-state index in [-0.39, 0.29) is 11.8 Å². The van der Waals surface area contributed by atoms with Crippen LogP contribution in [0.25, 0.3) is 5.57 Å². The summed E-state index contributed by atoms with van der Waals surface area (Å²) in [5.41, 5.74) is 2.85. The van der Waals surface area contributed by atoms with Gasteiger partial charge in [0.25, 0.3) is 11.8 Å². The summed E-state index contributed by atoms with van der Waals surface area (Å²) >= 11 is 0. The molecule has 1 aliphatic heterocycles. The first-order valence-electron chi connectivity index (χ1n) is 11.4. The van der Waals surface area contributed by atoms with Gasteiger partial charge in [-0.15, -0.1) is 0 Å². The highest BCUT2D eigenvalue weighted by atomic mass is 16.5. The lowest BCUT2D eigenvalue weighted by Gasteiger charge is -2.22. The summed E-state index contributed by atoms with van der Waals surface area (Å²) in [4.78, 5) is 30.6. The number of nitrogens with zero attached hydrogens (tertiary/aromatic N) is 2. The van der Waals surface area contributed by atoms with Crippen LogP contribution < -0.4 is 14.4 Å². The van der Waals surface area contributed by atoms with Crippen molar-refractivity contribution in [3.8, 4) is 11.5 Å². The van der Waals surface area contributed by atoms with Crippen LogP contribution in [0.5, 0.6) is 11.5 Å². The Morgan fingerprint density at radius 1 is 0.765 bits per heavy atom. The Labute approximate surface area is 200 Å². The van der Waals surface area contributed by atoms with Crippen molar-refractivity contribution in [2.75, 3.05) is 25.2 Å². The zero-order chi connectivity index (χ0) is 24.1. The van der Waals surface area contributed by atoms with Gasteiger partial charge in [-0.05, 0) is 49.2 Å². The number of hydrogen-bond donors (Lipinski definition) is 0. The summed E-state index contributed by atoms with van der Waals surface area (Å²) < 4.78 is 11.3. The zero-order valence-corrected chi connectivity index (χ0v) is 19.7. The molecule has 1 heterocycles. The number of hydrogen-bond acceptors (Lipinski definition) is 5. The van der Waals surface area contributed by atoms with E-state index in [0.29, 0.717) is 53.8 Å². The normalized spacial score (nSPS) is 13.4. The van der Waals surface area contributed by atoms with Crippen LogP contribution in [0.3, 0.4) is 0 Å². The van der Waals surface area contributed by atoms with Crippen LogP contribution in [-0.2, 0) is 16.1 Å². The molecule has 1 aliphatic rings. The number of carbonyl (C=O) groups is 2. The summed E-state index contributed by atoms with van der Waals surface area (Å²) in [5.74, 6) is 0.446. The fraction of sp³-hybridized carbons (Fsp3) is 0.214. The van der Waals surface area contributed by atoms with Gasteiger partial charge < -0.3 is 14.4 Å². The highest BCUT2D eigenvalue weighted by molar-refractivity contribution is 6.45. The first-order chi connectivity index (χ1) is 16.5. The van der Waals surface area contributed by atoms with Gasteiger partial charge in [0.05, 0.1) is 24.5 Å². The van der Waals surface area contributed by atoms with E-state index in [9.17, 15) is 9.59 Å². The van der Waals surface area contributed by atoms with Gasteiger partial charge in [-0.1, -0.05) is 54.6 Å². The number of anilines is 1. The second kappa shape index (κ2) is 10.3. The van der Waals surface area contributed by atoms with Gasteiger partial charge in [0.2, 0.25) is 0 Å². The molecule has 0 radical (unpaired) electrons. The molecule has 0 saturated heterocycles. The molecule has 3 aromatic carbocycles. The molecule has 0 fully saturated rings. The second-order valence-corrected chi connectivity index (χ2v) is 7.87. The van der Waals surface area contributed by atoms with Crippen molar-refractivity contribution in [1.82, 2.24) is 4.90 Å². The van der Waals surface area contributed by atoms with Crippen molar-refractivity contribution in [2.45, 2.75) is 20.4 Å². The van der Waals surface area contributed by atoms with Gasteiger partial charge in [0.1, 0.15) is 17.2 Å². The summed E-state index contributed by atoms with van der Waals surface area (Å²) in [5, 5.41) is 0. The Morgan fingerprint density at radius 2 is 1.41 bits per heavy atom. The second-order valence-electron chi connectivity index (χ2n) is 7.87. The van der Waals surface area contributed by atoms with Gasteiger partial charge in [-0.25, -0.2) is 4.90 Å². The molecule has 34 heavy (non-hydrogen) atoms. The molecular weight excluding hydrogens is 428 g/mol. The van der Waals surface area contributed by atoms with Crippen LogP contribution in [0.4, 0.5) is 5.69 Å². The molecule has 2 amide bonds. The minimum absolute atomic E-state index is 0.351. The molecule has 0 atom stereocenters. The molecule has 0 N–H and O–H groups in total. The molecule has 0 aliphatic carbocycles. The van der Waals surface area contributed by atoms with Gasteiger partial charge in [-0.2, -0.15) is 0 Å². The molecule has 6 heteroatoms. The topological polar surface area (TPSA) is 59.1 Å². The number of amides is 2. The number of ether oxygens (including phenoxy) is 2. The van der Waals surface area contributed by atoms with Crippen molar-refractivity contribution in [1.29, 1.82) is 0 Å². The van der Waals surface area contributed by atoms with Gasteiger partial charge in [0, 0.05) is 13.6 Å². The van der Waals surface area contributed by atoms with E-state index in [0.717, 1.165) is 5.56 Å². The standard InChI is InChI=1S/C28H28N2O4/c1-4-33-22-17-15-21(16-18-22)25-26(29(3)19-20-11-7-6-8-12-20)28(32)30(27(25)31)23-13-9-10-14-24(23)34-5-2/h6-18H,4-5,19H2,1-3H3. The third kappa shape index (κ3) is 4.53. The number of para-hydroxylation sites is 2. The van der Waals surface area contributed by atoms with Crippen molar-refractivity contribution in [3.63, 3.8) is 0 Å². The maximum Gasteiger partial charge on any atom is 0.282 e. The largest absolute Gasteiger partial charge is 0.494 e. The van der Waals surface area contributed by atoms with Crippen molar-refractivity contribution in [3.05, 3.63) is 95.7 Å². The van der Waals surface area contributed by atoms with E-state index in [4.69, 9.17) is 9.47 Å². The van der Waals surface area contributed by atoms with Crippen LogP contribution in [0.15, 0.2) is 84.6 Å². The monoisotopic (exact) mass is 456 g/mol. The molecular formula is C28H28N2O4. The first kappa shape index (κ1) is 23.1. The highest BCUT2D eigenvalue weighted by Gasteiger charge is 2.42. The predicted molar refractivity (Wildman–Crippen MR) is 133 cm³/mol. The third-order valence-electron chi connectivity index (χ3n) is 5.56. The van der Waals surface area contributed by atoms with Gasteiger partial charge >= 0.3 is 0 Å². The van der Waals surface area contributed by atoms with E-state index in [1.54, 1.807) is 18.2 Å². The number of imide groups is 1. The fourth-order valence-corrected chi connectivity index (χ4v) is 4.09. The average molecular weight is 457 g/mol. The lowest BCUT2D eigenvalue weighted by molar-refractivity contribution is -0.120. The van der Waals surface area contributed by atoms with Crippen LogP contribution in [0, 0.1) is 0 Å². The molecule has 0 saturated carbocycles. The predicted octanol–water partition coefficient (Wildman–Crippen LogP) is 4.90. The molecule has 0 unspecified atom stereocenters. The van der Waals surface area contributed by atoms with Crippen molar-refractivity contribution in [2.24, 2.45) is 0 Å². The summed E-state index contributed by atoms with van der Waals surface area (Å²) in [6.07, 6.45) is 0. The molecule has 174 valence electrons. The molecule has 4 rings (SSSR count). The van der Waals surface area contributed by atoms with Crippen molar-refractivity contribution >= 4 is 23.1 Å². The maximum atomic E-state index is 13.8. The smallest absolute Gasteiger partial charge is 0.282 e. The minimum atomic E-state index is -0.378. The highest BCUT2D eigenvalue weighted by Crippen LogP contribution is 2.39. The van der Waals surface area contributed by atoms with Crippen LogP contribution >= 0.6 is 0 Å². The average Bonchev–Trinajstić information content (AvgIpc) is 3.11. The van der Waals surface area contributed by atoms with Crippen molar-refractivity contribution < 1.29 is 19.1 Å². The van der Waals surface area contributed by atoms with E-state index in [1.165, 1.54) is 4.90 Å².